The molecule has 5 heteroatoms. The van der Waals surface area contributed by atoms with Crippen LogP contribution < -0.4 is 0 Å². The molecule has 4 nitrogen and oxygen atoms in total. The summed E-state index contributed by atoms with van der Waals surface area (Å²) in [6, 6.07) is 0. The van der Waals surface area contributed by atoms with Gasteiger partial charge in [0.1, 0.15) is 0 Å². The minimum atomic E-state index is -4.38. The van der Waals surface area contributed by atoms with E-state index in [2.05, 4.69) is 0 Å². The third-order valence-electron chi connectivity index (χ3n) is 1.39. The molecule has 0 saturated carbocycles. The van der Waals surface area contributed by atoms with Crippen molar-refractivity contribution in [1.82, 2.24) is 4.67 Å². The van der Waals surface area contributed by atoms with Crippen LogP contribution in [0.1, 0.15) is 6.92 Å². The topological polar surface area (TPSA) is 63.9 Å². The van der Waals surface area contributed by atoms with E-state index in [1.807, 2.05) is 0 Å². The fourth-order valence-corrected chi connectivity index (χ4v) is 0.849. The Kier molecular flexibility index (Phi) is 2.21. The van der Waals surface area contributed by atoms with Crippen LogP contribution in [0.4, 0.5) is 0 Å². The van der Waals surface area contributed by atoms with Gasteiger partial charge in [0.25, 0.3) is 0 Å². The van der Waals surface area contributed by atoms with Gasteiger partial charge in [-0.05, 0) is 0 Å². The van der Waals surface area contributed by atoms with Crippen molar-refractivity contribution in [3.63, 3.8) is 0 Å². The number of nitrogens with zero attached hydrogens (tertiary/aromatic N) is 1. The van der Waals surface area contributed by atoms with E-state index in [-0.39, 0.29) is 6.16 Å². The molecule has 0 unspecified atom stereocenters. The van der Waals surface area contributed by atoms with Gasteiger partial charge in [-0.2, -0.15) is 0 Å². The Balaban J connectivity index is 4.30. The number of rotatable bonds is 2. The minimum absolute atomic E-state index is 0.0292. The van der Waals surface area contributed by atoms with Gasteiger partial charge in [0, 0.05) is 0 Å². The molecular weight excluding hydrogens is 141 g/mol. The molecule has 0 heterocycles. The van der Waals surface area contributed by atoms with Gasteiger partial charge < -0.3 is 0 Å². The summed E-state index contributed by atoms with van der Waals surface area (Å²) in [6.07, 6.45) is -0.0292. The van der Waals surface area contributed by atoms with Gasteiger partial charge in [0.2, 0.25) is 0 Å². The van der Waals surface area contributed by atoms with Gasteiger partial charge in [-0.25, -0.2) is 0 Å². The third-order valence-corrected chi connectivity index (χ3v) is 4.16. The molecule has 0 aliphatic carbocycles. The molecule has 0 radical (unpaired) electrons. The van der Waals surface area contributed by atoms with Gasteiger partial charge >= 0.3 is 54.0 Å². The first-order valence-corrected chi connectivity index (χ1v) is 4.95. The van der Waals surface area contributed by atoms with Crippen LogP contribution in [0.5, 0.6) is 0 Å². The molecule has 0 amide bonds. The van der Waals surface area contributed by atoms with Crippen molar-refractivity contribution in [2.45, 2.75) is 6.92 Å². The maximum atomic E-state index is 9.03. The Labute approximate surface area is 55.0 Å². The molecule has 0 atom stereocenters. The Morgan fingerprint density at radius 1 is 1.22 bits per heavy atom. The van der Waals surface area contributed by atoms with Crippen LogP contribution in [0.3, 0.4) is 0 Å². The van der Waals surface area contributed by atoms with Crippen LogP contribution in [0, 0.1) is 0 Å². The van der Waals surface area contributed by atoms with Gasteiger partial charge in [0.05, 0.1) is 0 Å². The molecule has 0 rings (SSSR count). The first-order chi connectivity index (χ1) is 3.78. The fourth-order valence-electron chi connectivity index (χ4n) is 0.283. The molecule has 0 aromatic carbocycles. The molecular formula is C4H14NO3P. The molecule has 58 valence electrons. The zero-order valence-corrected chi connectivity index (χ0v) is 6.84. The standard InChI is InChI=1S/C4H14NO3P/c1-4-9(6,7,8)5(2)3/h6-8H,4H2,1-3H3. The molecule has 0 bridgehead atoms. The summed E-state index contributed by atoms with van der Waals surface area (Å²) >= 11 is 0. The van der Waals surface area contributed by atoms with E-state index in [1.54, 1.807) is 0 Å². The van der Waals surface area contributed by atoms with E-state index in [0.717, 1.165) is 4.67 Å². The van der Waals surface area contributed by atoms with Gasteiger partial charge in [-0.3, -0.25) is 0 Å². The van der Waals surface area contributed by atoms with Crippen LogP contribution in [0.25, 0.3) is 0 Å². The Morgan fingerprint density at radius 3 is 1.56 bits per heavy atom. The molecule has 3 N–H and O–H groups in total. The SMILES string of the molecule is CCP(O)(O)(O)N(C)C. The Hall–Kier alpha value is 0.270. The van der Waals surface area contributed by atoms with Crippen molar-refractivity contribution < 1.29 is 14.7 Å². The molecule has 0 fully saturated rings. The van der Waals surface area contributed by atoms with Crippen LogP contribution in [0.15, 0.2) is 0 Å². The van der Waals surface area contributed by atoms with E-state index in [9.17, 15) is 0 Å². The van der Waals surface area contributed by atoms with E-state index >= 15 is 0 Å². The van der Waals surface area contributed by atoms with Gasteiger partial charge in [-0.15, -0.1) is 0 Å². The molecule has 9 heavy (non-hydrogen) atoms. The van der Waals surface area contributed by atoms with Crippen LogP contribution in [0.2, 0.25) is 0 Å². The van der Waals surface area contributed by atoms with Gasteiger partial charge in [0.15, 0.2) is 0 Å². The number of hydrogen-bond acceptors (Lipinski definition) is 4. The summed E-state index contributed by atoms with van der Waals surface area (Å²) in [4.78, 5) is 27.1. The normalized spacial score (nSPS) is 17.4. The van der Waals surface area contributed by atoms with Crippen LogP contribution in [-0.4, -0.2) is 39.6 Å². The first kappa shape index (κ1) is 9.27. The predicted octanol–water partition coefficient (Wildman–Crippen LogP) is -0.242. The van der Waals surface area contributed by atoms with Crippen molar-refractivity contribution in [1.29, 1.82) is 0 Å². The molecule has 0 spiro atoms. The van der Waals surface area contributed by atoms with E-state index in [4.69, 9.17) is 14.7 Å². The zero-order chi connectivity index (χ0) is 7.73. The third kappa shape index (κ3) is 2.16. The van der Waals surface area contributed by atoms with Crippen molar-refractivity contribution in [2.75, 3.05) is 20.3 Å². The molecule has 0 aromatic heterocycles. The second kappa shape index (κ2) is 2.15. The van der Waals surface area contributed by atoms with Crippen LogP contribution >= 0.6 is 7.43 Å². The fraction of sp³-hybridized carbons (Fsp3) is 1.00. The maximum absolute atomic E-state index is 9.03. The number of hydrogen-bond donors (Lipinski definition) is 3. The Morgan fingerprint density at radius 2 is 1.56 bits per heavy atom. The van der Waals surface area contributed by atoms with E-state index in [0.29, 0.717) is 0 Å². The summed E-state index contributed by atoms with van der Waals surface area (Å²) in [5.74, 6) is 0. The first-order valence-electron chi connectivity index (χ1n) is 2.72. The predicted molar refractivity (Wildman–Crippen MR) is 37.8 cm³/mol. The van der Waals surface area contributed by atoms with Crippen molar-refractivity contribution >= 4 is 7.43 Å². The average Bonchev–Trinajstić information content (AvgIpc) is 1.66. The quantitative estimate of drug-likeness (QED) is 0.481. The van der Waals surface area contributed by atoms with E-state index < -0.39 is 7.43 Å². The Bertz CT molecular complexity index is 106. The monoisotopic (exact) mass is 155 g/mol. The average molecular weight is 155 g/mol. The van der Waals surface area contributed by atoms with E-state index in [1.165, 1.54) is 21.0 Å². The van der Waals surface area contributed by atoms with Gasteiger partial charge in [-0.1, -0.05) is 0 Å². The summed E-state index contributed by atoms with van der Waals surface area (Å²) in [5.41, 5.74) is 0. The molecule has 0 aliphatic rings. The molecule has 0 aliphatic heterocycles. The second-order valence-electron chi connectivity index (χ2n) is 2.27. The summed E-state index contributed by atoms with van der Waals surface area (Å²) < 4.78 is 1.06. The van der Waals surface area contributed by atoms with Crippen molar-refractivity contribution in [2.24, 2.45) is 0 Å². The van der Waals surface area contributed by atoms with Crippen molar-refractivity contribution in [3.8, 4) is 0 Å². The molecule has 0 saturated heterocycles. The summed E-state index contributed by atoms with van der Waals surface area (Å²) in [7, 11) is -1.51. The summed E-state index contributed by atoms with van der Waals surface area (Å²) in [6.45, 7) is 1.53. The van der Waals surface area contributed by atoms with Crippen molar-refractivity contribution in [3.05, 3.63) is 0 Å². The second-order valence-corrected chi connectivity index (χ2v) is 5.90. The summed E-state index contributed by atoms with van der Waals surface area (Å²) in [5, 5.41) is 0. The molecule has 0 aromatic rings. The zero-order valence-electron chi connectivity index (χ0n) is 5.94. The van der Waals surface area contributed by atoms with Crippen LogP contribution in [-0.2, 0) is 0 Å².